The molecule has 1 heterocycles. The van der Waals surface area contributed by atoms with Crippen molar-refractivity contribution in [3.8, 4) is 0 Å². The maximum absolute atomic E-state index is 12.3. The number of nitrogens with one attached hydrogen (secondary N) is 2. The molecule has 1 aromatic heterocycles. The van der Waals surface area contributed by atoms with Gasteiger partial charge in [-0.2, -0.15) is 11.8 Å². The van der Waals surface area contributed by atoms with Gasteiger partial charge < -0.3 is 9.73 Å². The fourth-order valence-corrected chi connectivity index (χ4v) is 4.55. The molecule has 120 valence electrons. The Labute approximate surface area is 131 Å². The Hall–Kier alpha value is -0.500. The van der Waals surface area contributed by atoms with Gasteiger partial charge in [0.1, 0.15) is 5.76 Å². The molecular formula is C14H24N2O3S2. The summed E-state index contributed by atoms with van der Waals surface area (Å²) < 4.78 is 32.8. The first-order valence-corrected chi connectivity index (χ1v) is 10.2. The molecular weight excluding hydrogens is 308 g/mol. The van der Waals surface area contributed by atoms with Gasteiger partial charge in [0.25, 0.3) is 10.0 Å². The van der Waals surface area contributed by atoms with E-state index < -0.39 is 10.0 Å². The summed E-state index contributed by atoms with van der Waals surface area (Å²) in [5, 5.41) is 3.77. The summed E-state index contributed by atoms with van der Waals surface area (Å²) in [6.07, 6.45) is 5.97. The molecule has 1 aliphatic carbocycles. The molecule has 7 heteroatoms. The van der Waals surface area contributed by atoms with Gasteiger partial charge in [-0.3, -0.25) is 0 Å². The molecule has 21 heavy (non-hydrogen) atoms. The maximum Gasteiger partial charge on any atom is 0.274 e. The Morgan fingerprint density at radius 2 is 2.19 bits per heavy atom. The molecule has 0 radical (unpaired) electrons. The van der Waals surface area contributed by atoms with Crippen LogP contribution in [0.3, 0.4) is 0 Å². The maximum atomic E-state index is 12.3. The van der Waals surface area contributed by atoms with Gasteiger partial charge in [0.2, 0.25) is 5.09 Å². The first kappa shape index (κ1) is 16.9. The second-order valence-electron chi connectivity index (χ2n) is 5.39. The van der Waals surface area contributed by atoms with Crippen LogP contribution in [0.25, 0.3) is 0 Å². The quantitative estimate of drug-likeness (QED) is 0.715. The zero-order valence-corrected chi connectivity index (χ0v) is 14.2. The lowest BCUT2D eigenvalue weighted by molar-refractivity contribution is 0.397. The topological polar surface area (TPSA) is 71.3 Å². The number of rotatable bonds is 8. The molecule has 2 atom stereocenters. The molecule has 1 fully saturated rings. The average molecular weight is 332 g/mol. The SMILES string of the molecule is CCCNCc1ccc(S(=O)(=O)NC2CCC(SC)C2)o1. The van der Waals surface area contributed by atoms with Crippen LogP contribution in [0.1, 0.15) is 38.4 Å². The van der Waals surface area contributed by atoms with Gasteiger partial charge in [-0.1, -0.05) is 6.92 Å². The van der Waals surface area contributed by atoms with E-state index in [-0.39, 0.29) is 11.1 Å². The van der Waals surface area contributed by atoms with Crippen molar-refractivity contribution in [3.63, 3.8) is 0 Å². The van der Waals surface area contributed by atoms with Crippen molar-refractivity contribution < 1.29 is 12.8 Å². The monoisotopic (exact) mass is 332 g/mol. The number of hydrogen-bond acceptors (Lipinski definition) is 5. The van der Waals surface area contributed by atoms with Crippen LogP contribution in [0.5, 0.6) is 0 Å². The Kier molecular flexibility index (Phi) is 6.16. The lowest BCUT2D eigenvalue weighted by Gasteiger charge is -2.11. The second kappa shape index (κ2) is 7.67. The fourth-order valence-electron chi connectivity index (χ4n) is 2.52. The van der Waals surface area contributed by atoms with Crippen molar-refractivity contribution in [2.45, 2.75) is 55.5 Å². The van der Waals surface area contributed by atoms with E-state index in [4.69, 9.17) is 4.42 Å². The van der Waals surface area contributed by atoms with Crippen LogP contribution < -0.4 is 10.0 Å². The molecule has 0 bridgehead atoms. The standard InChI is InChI=1S/C14H24N2O3S2/c1-3-8-15-10-12-5-7-14(19-12)21(17,18)16-11-4-6-13(9-11)20-2/h5,7,11,13,15-16H,3-4,6,8-10H2,1-2H3. The van der Waals surface area contributed by atoms with E-state index in [2.05, 4.69) is 23.2 Å². The lowest BCUT2D eigenvalue weighted by Crippen LogP contribution is -2.32. The number of sulfonamides is 1. The highest BCUT2D eigenvalue weighted by molar-refractivity contribution is 7.99. The third-order valence-electron chi connectivity index (χ3n) is 3.67. The second-order valence-corrected chi connectivity index (χ2v) is 8.17. The van der Waals surface area contributed by atoms with Crippen LogP contribution in [0, 0.1) is 0 Å². The average Bonchev–Trinajstić information content (AvgIpc) is 3.08. The third-order valence-corrected chi connectivity index (χ3v) is 6.16. The van der Waals surface area contributed by atoms with E-state index in [0.29, 0.717) is 17.6 Å². The van der Waals surface area contributed by atoms with Gasteiger partial charge in [0.05, 0.1) is 6.54 Å². The van der Waals surface area contributed by atoms with Crippen LogP contribution in [-0.4, -0.2) is 32.5 Å². The summed E-state index contributed by atoms with van der Waals surface area (Å²) in [6.45, 7) is 3.53. The summed E-state index contributed by atoms with van der Waals surface area (Å²) in [5.74, 6) is 0.650. The normalized spacial score (nSPS) is 22.8. The summed E-state index contributed by atoms with van der Waals surface area (Å²) in [5.41, 5.74) is 0. The van der Waals surface area contributed by atoms with Crippen molar-refractivity contribution >= 4 is 21.8 Å². The van der Waals surface area contributed by atoms with E-state index in [9.17, 15) is 8.42 Å². The highest BCUT2D eigenvalue weighted by Crippen LogP contribution is 2.29. The molecule has 0 spiro atoms. The van der Waals surface area contributed by atoms with Gasteiger partial charge in [0, 0.05) is 11.3 Å². The summed E-state index contributed by atoms with van der Waals surface area (Å²) in [7, 11) is -3.54. The van der Waals surface area contributed by atoms with E-state index in [1.54, 1.807) is 17.8 Å². The minimum Gasteiger partial charge on any atom is -0.447 e. The Bertz CT molecular complexity index is 542. The summed E-state index contributed by atoms with van der Waals surface area (Å²) in [6, 6.07) is 3.28. The smallest absolute Gasteiger partial charge is 0.274 e. The first-order chi connectivity index (χ1) is 10.0. The largest absolute Gasteiger partial charge is 0.447 e. The van der Waals surface area contributed by atoms with Crippen molar-refractivity contribution in [1.82, 2.24) is 10.0 Å². The molecule has 1 saturated carbocycles. The molecule has 0 aromatic carbocycles. The lowest BCUT2D eigenvalue weighted by atomic mass is 10.3. The Morgan fingerprint density at radius 3 is 2.86 bits per heavy atom. The highest BCUT2D eigenvalue weighted by Gasteiger charge is 2.29. The van der Waals surface area contributed by atoms with Gasteiger partial charge >= 0.3 is 0 Å². The van der Waals surface area contributed by atoms with Gasteiger partial charge in [-0.25, -0.2) is 13.1 Å². The fraction of sp³-hybridized carbons (Fsp3) is 0.714. The minimum absolute atomic E-state index is 0.0170. The molecule has 0 aliphatic heterocycles. The first-order valence-electron chi connectivity index (χ1n) is 7.39. The third kappa shape index (κ3) is 4.74. The molecule has 2 unspecified atom stereocenters. The molecule has 0 amide bonds. The van der Waals surface area contributed by atoms with E-state index in [1.807, 2.05) is 0 Å². The molecule has 2 rings (SSSR count). The van der Waals surface area contributed by atoms with Crippen molar-refractivity contribution in [1.29, 1.82) is 0 Å². The number of furan rings is 1. The Balaban J connectivity index is 1.93. The van der Waals surface area contributed by atoms with Crippen molar-refractivity contribution in [2.75, 3.05) is 12.8 Å². The summed E-state index contributed by atoms with van der Waals surface area (Å²) in [4.78, 5) is 0. The zero-order chi connectivity index (χ0) is 15.3. The Morgan fingerprint density at radius 1 is 1.38 bits per heavy atom. The van der Waals surface area contributed by atoms with Crippen LogP contribution in [0.4, 0.5) is 0 Å². The van der Waals surface area contributed by atoms with Crippen LogP contribution in [-0.2, 0) is 16.6 Å². The van der Waals surface area contributed by atoms with Gasteiger partial charge in [0.15, 0.2) is 0 Å². The van der Waals surface area contributed by atoms with Crippen molar-refractivity contribution in [3.05, 3.63) is 17.9 Å². The molecule has 0 saturated heterocycles. The molecule has 1 aromatic rings. The summed E-state index contributed by atoms with van der Waals surface area (Å²) >= 11 is 1.81. The predicted octanol–water partition coefficient (Wildman–Crippen LogP) is 2.34. The van der Waals surface area contributed by atoms with Crippen LogP contribution in [0.2, 0.25) is 0 Å². The van der Waals surface area contributed by atoms with Gasteiger partial charge in [-0.15, -0.1) is 0 Å². The minimum atomic E-state index is -3.54. The number of thioether (sulfide) groups is 1. The predicted molar refractivity (Wildman–Crippen MR) is 86.0 cm³/mol. The molecule has 2 N–H and O–H groups in total. The number of hydrogen-bond donors (Lipinski definition) is 2. The van der Waals surface area contributed by atoms with Crippen molar-refractivity contribution in [2.24, 2.45) is 0 Å². The molecule has 1 aliphatic rings. The highest BCUT2D eigenvalue weighted by atomic mass is 32.2. The van der Waals surface area contributed by atoms with E-state index in [1.165, 1.54) is 6.07 Å². The van der Waals surface area contributed by atoms with E-state index >= 15 is 0 Å². The van der Waals surface area contributed by atoms with Gasteiger partial charge in [-0.05, 0) is 50.6 Å². The zero-order valence-electron chi connectivity index (χ0n) is 12.6. The van der Waals surface area contributed by atoms with Crippen LogP contribution >= 0.6 is 11.8 Å². The van der Waals surface area contributed by atoms with Crippen LogP contribution in [0.15, 0.2) is 21.6 Å². The van der Waals surface area contributed by atoms with E-state index in [0.717, 1.165) is 32.2 Å². The molecule has 5 nitrogen and oxygen atoms in total.